The second-order valence-corrected chi connectivity index (χ2v) is 5.54. The van der Waals surface area contributed by atoms with Gasteiger partial charge in [-0.3, -0.25) is 9.59 Å². The zero-order valence-corrected chi connectivity index (χ0v) is 11.2. The van der Waals surface area contributed by atoms with E-state index >= 15 is 0 Å². The van der Waals surface area contributed by atoms with Crippen LogP contribution < -0.4 is 0 Å². The van der Waals surface area contributed by atoms with E-state index in [9.17, 15) is 22.8 Å². The molecule has 1 aliphatic carbocycles. The summed E-state index contributed by atoms with van der Waals surface area (Å²) in [4.78, 5) is 24.5. The molecule has 0 atom stereocenters. The van der Waals surface area contributed by atoms with Crippen molar-refractivity contribution in [3.63, 3.8) is 0 Å². The molecule has 0 N–H and O–H groups in total. The lowest BCUT2D eigenvalue weighted by Gasteiger charge is -2.20. The first-order chi connectivity index (χ1) is 9.88. The highest BCUT2D eigenvalue weighted by Crippen LogP contribution is 2.41. The fourth-order valence-electron chi connectivity index (χ4n) is 2.32. The Bertz CT molecular complexity index is 766. The number of hydrogen-bond donors (Lipinski definition) is 0. The molecule has 0 fully saturated rings. The van der Waals surface area contributed by atoms with Gasteiger partial charge in [0.2, 0.25) is 0 Å². The van der Waals surface area contributed by atoms with Crippen molar-refractivity contribution >= 4 is 23.3 Å². The SMILES string of the molecule is O=C1c2ccccc2C(=O)c2c(SC(F)(F)F)cccc21. The van der Waals surface area contributed by atoms with Crippen molar-refractivity contribution in [1.29, 1.82) is 0 Å². The number of thioether (sulfide) groups is 1. The first kappa shape index (κ1) is 13.9. The fourth-order valence-corrected chi connectivity index (χ4v) is 3.02. The average molecular weight is 308 g/mol. The van der Waals surface area contributed by atoms with E-state index in [0.29, 0.717) is 0 Å². The normalized spacial score (nSPS) is 13.9. The molecule has 0 saturated carbocycles. The first-order valence-electron chi connectivity index (χ1n) is 5.95. The van der Waals surface area contributed by atoms with Crippen LogP contribution in [-0.4, -0.2) is 17.1 Å². The summed E-state index contributed by atoms with van der Waals surface area (Å²) in [6.07, 6.45) is 0. The van der Waals surface area contributed by atoms with Crippen LogP contribution in [0.15, 0.2) is 47.4 Å². The topological polar surface area (TPSA) is 34.1 Å². The van der Waals surface area contributed by atoms with Crippen molar-refractivity contribution in [2.45, 2.75) is 10.4 Å². The van der Waals surface area contributed by atoms with Crippen molar-refractivity contribution in [3.8, 4) is 0 Å². The Labute approximate surface area is 122 Å². The number of ketones is 2. The third kappa shape index (κ3) is 2.35. The van der Waals surface area contributed by atoms with Crippen molar-refractivity contribution in [3.05, 3.63) is 64.7 Å². The van der Waals surface area contributed by atoms with Crippen LogP contribution in [0.5, 0.6) is 0 Å². The maximum atomic E-state index is 12.6. The molecule has 0 heterocycles. The monoisotopic (exact) mass is 308 g/mol. The van der Waals surface area contributed by atoms with E-state index in [1.807, 2.05) is 0 Å². The number of carbonyl (C=O) groups is 2. The molecule has 3 rings (SSSR count). The van der Waals surface area contributed by atoms with Crippen molar-refractivity contribution in [2.75, 3.05) is 0 Å². The van der Waals surface area contributed by atoms with E-state index in [2.05, 4.69) is 0 Å². The van der Waals surface area contributed by atoms with Crippen LogP contribution >= 0.6 is 11.8 Å². The van der Waals surface area contributed by atoms with Crippen molar-refractivity contribution in [2.24, 2.45) is 0 Å². The summed E-state index contributed by atoms with van der Waals surface area (Å²) >= 11 is -0.377. The predicted octanol–water partition coefficient (Wildman–Crippen LogP) is 4.07. The van der Waals surface area contributed by atoms with Gasteiger partial charge in [-0.1, -0.05) is 36.4 Å². The maximum Gasteiger partial charge on any atom is 0.446 e. The molecule has 2 nitrogen and oxygen atoms in total. The third-order valence-corrected chi connectivity index (χ3v) is 3.93. The van der Waals surface area contributed by atoms with Crippen LogP contribution in [0.3, 0.4) is 0 Å². The molecule has 6 heteroatoms. The van der Waals surface area contributed by atoms with Gasteiger partial charge in [0.1, 0.15) is 0 Å². The highest BCUT2D eigenvalue weighted by molar-refractivity contribution is 8.00. The van der Waals surface area contributed by atoms with Gasteiger partial charge in [-0.15, -0.1) is 0 Å². The van der Waals surface area contributed by atoms with Gasteiger partial charge in [0.25, 0.3) is 0 Å². The summed E-state index contributed by atoms with van der Waals surface area (Å²) in [7, 11) is 0. The van der Waals surface area contributed by atoms with Crippen LogP contribution in [0, 0.1) is 0 Å². The van der Waals surface area contributed by atoms with Crippen LogP contribution in [0.1, 0.15) is 31.8 Å². The summed E-state index contributed by atoms with van der Waals surface area (Å²) in [6, 6.07) is 10.1. The fraction of sp³-hybridized carbons (Fsp3) is 0.0667. The third-order valence-electron chi connectivity index (χ3n) is 3.14. The zero-order chi connectivity index (χ0) is 15.2. The molecule has 106 valence electrons. The molecule has 21 heavy (non-hydrogen) atoms. The lowest BCUT2D eigenvalue weighted by molar-refractivity contribution is -0.0328. The van der Waals surface area contributed by atoms with Gasteiger partial charge in [-0.05, 0) is 17.8 Å². The minimum absolute atomic E-state index is 0.0213. The molecule has 0 unspecified atom stereocenters. The lowest BCUT2D eigenvalue weighted by atomic mass is 9.84. The molecule has 0 spiro atoms. The molecular weight excluding hydrogens is 301 g/mol. The lowest BCUT2D eigenvalue weighted by Crippen LogP contribution is -2.22. The molecule has 0 amide bonds. The van der Waals surface area contributed by atoms with E-state index in [4.69, 9.17) is 0 Å². The largest absolute Gasteiger partial charge is 0.446 e. The molecule has 2 aromatic carbocycles. The van der Waals surface area contributed by atoms with Crippen LogP contribution in [-0.2, 0) is 0 Å². The summed E-state index contributed by atoms with van der Waals surface area (Å²) in [6.45, 7) is 0. The standard InChI is InChI=1S/C15H7F3O2S/c16-15(17,18)21-11-7-3-6-10-12(11)14(20)9-5-2-1-4-8(9)13(10)19/h1-7H. The van der Waals surface area contributed by atoms with Gasteiger partial charge in [-0.2, -0.15) is 13.2 Å². The quantitative estimate of drug-likeness (QED) is 0.635. The number of halogens is 3. The Morgan fingerprint density at radius 1 is 0.762 bits per heavy atom. The molecule has 2 aromatic rings. The Morgan fingerprint density at radius 2 is 1.33 bits per heavy atom. The highest BCUT2D eigenvalue weighted by atomic mass is 32.2. The molecule has 0 saturated heterocycles. The molecule has 0 aliphatic heterocycles. The van der Waals surface area contributed by atoms with E-state index in [1.165, 1.54) is 30.3 Å². The summed E-state index contributed by atoms with van der Waals surface area (Å²) in [5.74, 6) is -0.975. The van der Waals surface area contributed by atoms with E-state index in [0.717, 1.165) is 0 Å². The van der Waals surface area contributed by atoms with Crippen LogP contribution in [0.2, 0.25) is 0 Å². The van der Waals surface area contributed by atoms with E-state index in [-0.39, 0.29) is 38.9 Å². The molecule has 1 aliphatic rings. The van der Waals surface area contributed by atoms with Crippen molar-refractivity contribution < 1.29 is 22.8 Å². The van der Waals surface area contributed by atoms with E-state index < -0.39 is 17.1 Å². The Balaban J connectivity index is 2.21. The van der Waals surface area contributed by atoms with Crippen molar-refractivity contribution in [1.82, 2.24) is 0 Å². The first-order valence-corrected chi connectivity index (χ1v) is 6.77. The summed E-state index contributed by atoms with van der Waals surface area (Å²) < 4.78 is 37.8. The van der Waals surface area contributed by atoms with Gasteiger partial charge in [0.15, 0.2) is 11.6 Å². The van der Waals surface area contributed by atoms with Crippen LogP contribution in [0.25, 0.3) is 0 Å². The predicted molar refractivity (Wildman–Crippen MR) is 71.7 cm³/mol. The average Bonchev–Trinajstić information content (AvgIpc) is 2.43. The molecule has 0 radical (unpaired) electrons. The number of alkyl halides is 3. The number of benzene rings is 2. The smallest absolute Gasteiger partial charge is 0.289 e. The van der Waals surface area contributed by atoms with Gasteiger partial charge < -0.3 is 0 Å². The molecular formula is C15H7F3O2S. The van der Waals surface area contributed by atoms with Gasteiger partial charge >= 0.3 is 5.51 Å². The minimum Gasteiger partial charge on any atom is -0.289 e. The maximum absolute atomic E-state index is 12.6. The summed E-state index contributed by atoms with van der Waals surface area (Å²) in [5.41, 5.74) is -4.29. The Kier molecular flexibility index (Phi) is 3.13. The number of carbonyl (C=O) groups excluding carboxylic acids is 2. The number of hydrogen-bond acceptors (Lipinski definition) is 3. The second kappa shape index (κ2) is 4.73. The summed E-state index contributed by atoms with van der Waals surface area (Å²) in [5, 5.41) is 0. The minimum atomic E-state index is -4.52. The number of rotatable bonds is 1. The van der Waals surface area contributed by atoms with Gasteiger partial charge in [0.05, 0.1) is 0 Å². The Hall–Kier alpha value is -2.08. The van der Waals surface area contributed by atoms with Crippen LogP contribution in [0.4, 0.5) is 13.2 Å². The van der Waals surface area contributed by atoms with E-state index in [1.54, 1.807) is 12.1 Å². The zero-order valence-electron chi connectivity index (χ0n) is 10.4. The number of fused-ring (bicyclic) bond motifs is 2. The Morgan fingerprint density at radius 3 is 1.95 bits per heavy atom. The highest BCUT2D eigenvalue weighted by Gasteiger charge is 2.36. The second-order valence-electron chi connectivity index (χ2n) is 4.43. The molecule has 0 bridgehead atoms. The van der Waals surface area contributed by atoms with Gasteiger partial charge in [0, 0.05) is 27.1 Å². The molecule has 0 aromatic heterocycles. The van der Waals surface area contributed by atoms with Gasteiger partial charge in [-0.25, -0.2) is 0 Å².